The molecule has 7 heteroatoms. The summed E-state index contributed by atoms with van der Waals surface area (Å²) in [6.45, 7) is 0.503. The maximum Gasteiger partial charge on any atom is 0.240 e. The Balaban J connectivity index is 2.03. The summed E-state index contributed by atoms with van der Waals surface area (Å²) in [6.07, 6.45) is 1.11. The van der Waals surface area contributed by atoms with Crippen LogP contribution in [0.5, 0.6) is 0 Å². The molecular formula is C12H17N3O3S. The van der Waals surface area contributed by atoms with Gasteiger partial charge in [-0.05, 0) is 24.1 Å². The molecule has 1 atom stereocenters. The number of nitrogens with two attached hydrogens (primary N) is 1. The van der Waals surface area contributed by atoms with Crippen LogP contribution in [-0.2, 0) is 21.4 Å². The lowest BCUT2D eigenvalue weighted by Gasteiger charge is -2.12. The third-order valence-electron chi connectivity index (χ3n) is 3.05. The van der Waals surface area contributed by atoms with Crippen molar-refractivity contribution in [3.8, 4) is 0 Å². The predicted molar refractivity (Wildman–Crippen MR) is 70.7 cm³/mol. The molecule has 0 spiro atoms. The first-order chi connectivity index (χ1) is 9.01. The molecule has 1 aromatic rings. The van der Waals surface area contributed by atoms with Crippen LogP contribution >= 0.6 is 0 Å². The Labute approximate surface area is 112 Å². The summed E-state index contributed by atoms with van der Waals surface area (Å²) in [5.74, 6) is -0.0330. The van der Waals surface area contributed by atoms with Crippen LogP contribution in [0.2, 0.25) is 0 Å². The van der Waals surface area contributed by atoms with Gasteiger partial charge in [0.2, 0.25) is 15.9 Å². The Morgan fingerprint density at radius 3 is 2.84 bits per heavy atom. The lowest BCUT2D eigenvalue weighted by molar-refractivity contribution is -0.119. The average molecular weight is 283 g/mol. The molecule has 1 unspecified atom stereocenters. The number of amides is 1. The van der Waals surface area contributed by atoms with Crippen LogP contribution < -0.4 is 15.8 Å². The normalized spacial score (nSPS) is 19.4. The largest absolute Gasteiger partial charge is 0.352 e. The van der Waals surface area contributed by atoms with Crippen LogP contribution in [0, 0.1) is 0 Å². The standard InChI is InChI=1S/C12H17N3O3S/c13-7-9-2-1-3-11(6-9)19(17,18)14-8-10-4-5-12(16)15-10/h1-3,6,10,14H,4-5,7-8,13H2,(H,15,16). The molecule has 1 aliphatic rings. The summed E-state index contributed by atoms with van der Waals surface area (Å²) >= 11 is 0. The van der Waals surface area contributed by atoms with Gasteiger partial charge in [-0.3, -0.25) is 4.79 Å². The van der Waals surface area contributed by atoms with E-state index in [0.717, 1.165) is 5.56 Å². The number of hydrogen-bond donors (Lipinski definition) is 3. The van der Waals surface area contributed by atoms with Crippen molar-refractivity contribution in [1.29, 1.82) is 0 Å². The van der Waals surface area contributed by atoms with Gasteiger partial charge in [-0.15, -0.1) is 0 Å². The molecule has 1 aromatic carbocycles. The molecule has 1 aliphatic heterocycles. The van der Waals surface area contributed by atoms with E-state index in [2.05, 4.69) is 10.0 Å². The molecule has 0 aliphatic carbocycles. The number of hydrogen-bond acceptors (Lipinski definition) is 4. The van der Waals surface area contributed by atoms with E-state index >= 15 is 0 Å². The average Bonchev–Trinajstić information content (AvgIpc) is 2.82. The van der Waals surface area contributed by atoms with Gasteiger partial charge >= 0.3 is 0 Å². The molecule has 104 valence electrons. The van der Waals surface area contributed by atoms with E-state index in [1.807, 2.05) is 0 Å². The number of carbonyl (C=O) groups excluding carboxylic acids is 1. The highest BCUT2D eigenvalue weighted by Crippen LogP contribution is 2.12. The highest BCUT2D eigenvalue weighted by atomic mass is 32.2. The SMILES string of the molecule is NCc1cccc(S(=O)(=O)NCC2CCC(=O)N2)c1. The first kappa shape index (κ1) is 14.0. The van der Waals surface area contributed by atoms with Gasteiger partial charge in [-0.25, -0.2) is 13.1 Å². The van der Waals surface area contributed by atoms with E-state index in [-0.39, 0.29) is 23.4 Å². The monoisotopic (exact) mass is 283 g/mol. The van der Waals surface area contributed by atoms with Crippen LogP contribution in [0.4, 0.5) is 0 Å². The van der Waals surface area contributed by atoms with E-state index in [1.165, 1.54) is 6.07 Å². The molecular weight excluding hydrogens is 266 g/mol. The highest BCUT2D eigenvalue weighted by molar-refractivity contribution is 7.89. The van der Waals surface area contributed by atoms with Gasteiger partial charge in [0.1, 0.15) is 0 Å². The van der Waals surface area contributed by atoms with Crippen molar-refractivity contribution in [1.82, 2.24) is 10.0 Å². The quantitative estimate of drug-likeness (QED) is 0.690. The smallest absolute Gasteiger partial charge is 0.240 e. The summed E-state index contributed by atoms with van der Waals surface area (Å²) in [5.41, 5.74) is 6.25. The van der Waals surface area contributed by atoms with Gasteiger partial charge < -0.3 is 11.1 Å². The van der Waals surface area contributed by atoms with Crippen molar-refractivity contribution in [3.05, 3.63) is 29.8 Å². The number of rotatable bonds is 5. The maximum atomic E-state index is 12.1. The van der Waals surface area contributed by atoms with Crippen molar-refractivity contribution < 1.29 is 13.2 Å². The number of sulfonamides is 1. The van der Waals surface area contributed by atoms with E-state index in [0.29, 0.717) is 19.4 Å². The lowest BCUT2D eigenvalue weighted by Crippen LogP contribution is -2.38. The molecule has 1 amide bonds. The maximum absolute atomic E-state index is 12.1. The van der Waals surface area contributed by atoms with Gasteiger partial charge in [0, 0.05) is 25.6 Å². The summed E-state index contributed by atoms with van der Waals surface area (Å²) < 4.78 is 26.7. The summed E-state index contributed by atoms with van der Waals surface area (Å²) in [4.78, 5) is 11.2. The lowest BCUT2D eigenvalue weighted by atomic mass is 10.2. The van der Waals surface area contributed by atoms with Gasteiger partial charge in [0.15, 0.2) is 0 Å². The van der Waals surface area contributed by atoms with Gasteiger partial charge in [0.05, 0.1) is 4.90 Å². The first-order valence-electron chi connectivity index (χ1n) is 6.09. The molecule has 2 rings (SSSR count). The summed E-state index contributed by atoms with van der Waals surface area (Å²) in [6, 6.07) is 6.38. The second kappa shape index (κ2) is 5.68. The second-order valence-electron chi connectivity index (χ2n) is 4.51. The first-order valence-corrected chi connectivity index (χ1v) is 7.57. The molecule has 0 aromatic heterocycles. The predicted octanol–water partition coefficient (Wildman–Crippen LogP) is -0.298. The van der Waals surface area contributed by atoms with Crippen molar-refractivity contribution >= 4 is 15.9 Å². The van der Waals surface area contributed by atoms with E-state index in [1.54, 1.807) is 18.2 Å². The minimum absolute atomic E-state index is 0.0330. The fourth-order valence-corrected chi connectivity index (χ4v) is 3.12. The molecule has 6 nitrogen and oxygen atoms in total. The summed E-state index contributed by atoms with van der Waals surface area (Å²) in [7, 11) is -3.55. The zero-order valence-electron chi connectivity index (χ0n) is 10.4. The van der Waals surface area contributed by atoms with Crippen molar-refractivity contribution in [2.75, 3.05) is 6.54 Å². The van der Waals surface area contributed by atoms with E-state index < -0.39 is 10.0 Å². The van der Waals surface area contributed by atoms with Gasteiger partial charge in [0.25, 0.3) is 0 Å². The van der Waals surface area contributed by atoms with E-state index in [9.17, 15) is 13.2 Å². The summed E-state index contributed by atoms with van der Waals surface area (Å²) in [5, 5.41) is 2.71. The Bertz CT molecular complexity index is 571. The minimum atomic E-state index is -3.55. The zero-order valence-corrected chi connectivity index (χ0v) is 11.2. The van der Waals surface area contributed by atoms with Gasteiger partial charge in [-0.2, -0.15) is 0 Å². The van der Waals surface area contributed by atoms with Crippen LogP contribution in [0.3, 0.4) is 0 Å². The third-order valence-corrected chi connectivity index (χ3v) is 4.47. The number of carbonyl (C=O) groups is 1. The second-order valence-corrected chi connectivity index (χ2v) is 6.27. The van der Waals surface area contributed by atoms with Gasteiger partial charge in [-0.1, -0.05) is 12.1 Å². The number of benzene rings is 1. The molecule has 1 fully saturated rings. The molecule has 0 saturated carbocycles. The van der Waals surface area contributed by atoms with Crippen LogP contribution in [0.1, 0.15) is 18.4 Å². The molecule has 19 heavy (non-hydrogen) atoms. The Hall–Kier alpha value is -1.44. The number of nitrogens with one attached hydrogen (secondary N) is 2. The van der Waals surface area contributed by atoms with Crippen molar-refractivity contribution in [2.24, 2.45) is 5.73 Å². The molecule has 0 radical (unpaired) electrons. The van der Waals surface area contributed by atoms with Crippen LogP contribution in [-0.4, -0.2) is 26.9 Å². The Morgan fingerprint density at radius 1 is 1.42 bits per heavy atom. The minimum Gasteiger partial charge on any atom is -0.352 e. The Kier molecular flexibility index (Phi) is 4.18. The molecule has 1 saturated heterocycles. The van der Waals surface area contributed by atoms with Crippen LogP contribution in [0.15, 0.2) is 29.2 Å². The van der Waals surface area contributed by atoms with Crippen molar-refractivity contribution in [2.45, 2.75) is 30.3 Å². The fourth-order valence-electron chi connectivity index (χ4n) is 1.96. The molecule has 1 heterocycles. The topological polar surface area (TPSA) is 101 Å². The fraction of sp³-hybridized carbons (Fsp3) is 0.417. The zero-order chi connectivity index (χ0) is 13.9. The molecule has 0 bridgehead atoms. The molecule has 4 N–H and O–H groups in total. The van der Waals surface area contributed by atoms with Crippen LogP contribution in [0.25, 0.3) is 0 Å². The highest BCUT2D eigenvalue weighted by Gasteiger charge is 2.23. The Morgan fingerprint density at radius 2 is 2.21 bits per heavy atom. The van der Waals surface area contributed by atoms with E-state index in [4.69, 9.17) is 5.73 Å². The van der Waals surface area contributed by atoms with Crippen molar-refractivity contribution in [3.63, 3.8) is 0 Å². The third kappa shape index (κ3) is 3.52.